The van der Waals surface area contributed by atoms with Crippen molar-refractivity contribution in [3.05, 3.63) is 66.4 Å². The van der Waals surface area contributed by atoms with Gasteiger partial charge in [-0.3, -0.25) is 4.98 Å². The molecule has 0 amide bonds. The van der Waals surface area contributed by atoms with E-state index in [1.807, 2.05) is 19.3 Å². The SMILES string of the molecule is CNC(C)CCc1cccc(-c2cccc3cccnc23)c1. The maximum absolute atomic E-state index is 4.56. The van der Waals surface area contributed by atoms with Gasteiger partial charge in [0, 0.05) is 23.2 Å². The summed E-state index contributed by atoms with van der Waals surface area (Å²) in [6.45, 7) is 2.22. The Balaban J connectivity index is 1.94. The van der Waals surface area contributed by atoms with Crippen LogP contribution in [0.4, 0.5) is 0 Å². The summed E-state index contributed by atoms with van der Waals surface area (Å²) in [6, 6.07) is 19.9. The molecule has 2 nitrogen and oxygen atoms in total. The number of hydrogen-bond donors (Lipinski definition) is 1. The monoisotopic (exact) mass is 290 g/mol. The van der Waals surface area contributed by atoms with Gasteiger partial charge in [0.1, 0.15) is 0 Å². The molecule has 1 heterocycles. The number of fused-ring (bicyclic) bond motifs is 1. The van der Waals surface area contributed by atoms with Crippen LogP contribution in [0.5, 0.6) is 0 Å². The molecule has 2 heteroatoms. The van der Waals surface area contributed by atoms with E-state index < -0.39 is 0 Å². The molecule has 1 unspecified atom stereocenters. The Morgan fingerprint density at radius 3 is 2.73 bits per heavy atom. The summed E-state index contributed by atoms with van der Waals surface area (Å²) in [4.78, 5) is 4.56. The molecule has 2 aromatic carbocycles. The van der Waals surface area contributed by atoms with Crippen molar-refractivity contribution in [3.8, 4) is 11.1 Å². The summed E-state index contributed by atoms with van der Waals surface area (Å²) in [7, 11) is 2.02. The predicted molar refractivity (Wildman–Crippen MR) is 94.0 cm³/mol. The Morgan fingerprint density at radius 2 is 1.86 bits per heavy atom. The fourth-order valence-electron chi connectivity index (χ4n) is 2.76. The molecular formula is C20H22N2. The van der Waals surface area contributed by atoms with E-state index in [2.05, 4.69) is 65.8 Å². The number of pyridine rings is 1. The zero-order valence-corrected chi connectivity index (χ0v) is 13.2. The average Bonchev–Trinajstić information content (AvgIpc) is 2.59. The summed E-state index contributed by atoms with van der Waals surface area (Å²) in [5.74, 6) is 0. The standard InChI is InChI=1S/C20H22N2/c1-15(21-2)11-12-16-6-3-8-18(14-16)19-10-4-7-17-9-5-13-22-20(17)19/h3-10,13-15,21H,11-12H2,1-2H3. The first-order valence-electron chi connectivity index (χ1n) is 7.88. The second kappa shape index (κ2) is 6.71. The maximum Gasteiger partial charge on any atom is 0.0780 e. The van der Waals surface area contributed by atoms with Gasteiger partial charge in [-0.05, 0) is 44.0 Å². The van der Waals surface area contributed by atoms with Crippen molar-refractivity contribution in [2.75, 3.05) is 7.05 Å². The smallest absolute Gasteiger partial charge is 0.0780 e. The molecule has 0 radical (unpaired) electrons. The normalized spacial score (nSPS) is 12.5. The lowest BCUT2D eigenvalue weighted by Crippen LogP contribution is -2.21. The highest BCUT2D eigenvalue weighted by molar-refractivity contribution is 5.93. The van der Waals surface area contributed by atoms with Crippen molar-refractivity contribution >= 4 is 10.9 Å². The van der Waals surface area contributed by atoms with Crippen LogP contribution in [0.3, 0.4) is 0 Å². The lowest BCUT2D eigenvalue weighted by Gasteiger charge is -2.11. The van der Waals surface area contributed by atoms with Gasteiger partial charge < -0.3 is 5.32 Å². The van der Waals surface area contributed by atoms with Crippen LogP contribution in [-0.4, -0.2) is 18.1 Å². The van der Waals surface area contributed by atoms with Crippen LogP contribution in [-0.2, 0) is 6.42 Å². The Hall–Kier alpha value is -2.19. The molecule has 0 aliphatic heterocycles. The second-order valence-corrected chi connectivity index (χ2v) is 5.81. The van der Waals surface area contributed by atoms with Crippen LogP contribution in [0.25, 0.3) is 22.0 Å². The molecule has 0 fully saturated rings. The van der Waals surface area contributed by atoms with Gasteiger partial charge in [0.2, 0.25) is 0 Å². The predicted octanol–water partition coefficient (Wildman–Crippen LogP) is 4.44. The first-order valence-corrected chi connectivity index (χ1v) is 7.88. The van der Waals surface area contributed by atoms with Crippen LogP contribution >= 0.6 is 0 Å². The first-order chi connectivity index (χ1) is 10.8. The summed E-state index contributed by atoms with van der Waals surface area (Å²) in [6.07, 6.45) is 4.10. The Bertz CT molecular complexity index is 759. The number of hydrogen-bond acceptors (Lipinski definition) is 2. The van der Waals surface area contributed by atoms with Crippen LogP contribution < -0.4 is 5.32 Å². The quantitative estimate of drug-likeness (QED) is 0.751. The fourth-order valence-corrected chi connectivity index (χ4v) is 2.76. The number of aryl methyl sites for hydroxylation is 1. The lowest BCUT2D eigenvalue weighted by molar-refractivity contribution is 0.565. The van der Waals surface area contributed by atoms with Gasteiger partial charge in [0.15, 0.2) is 0 Å². The third-order valence-corrected chi connectivity index (χ3v) is 4.23. The zero-order valence-electron chi connectivity index (χ0n) is 13.2. The fraction of sp³-hybridized carbons (Fsp3) is 0.250. The van der Waals surface area contributed by atoms with Crippen molar-refractivity contribution in [1.29, 1.82) is 0 Å². The minimum absolute atomic E-state index is 0.544. The molecular weight excluding hydrogens is 268 g/mol. The highest BCUT2D eigenvalue weighted by Gasteiger charge is 2.06. The van der Waals surface area contributed by atoms with E-state index in [1.54, 1.807) is 0 Å². The average molecular weight is 290 g/mol. The molecule has 0 aliphatic rings. The van der Waals surface area contributed by atoms with E-state index in [9.17, 15) is 0 Å². The summed E-state index contributed by atoms with van der Waals surface area (Å²) in [5.41, 5.74) is 4.92. The van der Waals surface area contributed by atoms with E-state index >= 15 is 0 Å². The summed E-state index contributed by atoms with van der Waals surface area (Å²) in [5, 5.41) is 4.48. The number of nitrogens with zero attached hydrogens (tertiary/aromatic N) is 1. The van der Waals surface area contributed by atoms with Crippen LogP contribution in [0.2, 0.25) is 0 Å². The van der Waals surface area contributed by atoms with Crippen LogP contribution in [0.15, 0.2) is 60.8 Å². The molecule has 22 heavy (non-hydrogen) atoms. The van der Waals surface area contributed by atoms with Gasteiger partial charge in [-0.25, -0.2) is 0 Å². The summed E-state index contributed by atoms with van der Waals surface area (Å²) < 4.78 is 0. The van der Waals surface area contributed by atoms with E-state index in [-0.39, 0.29) is 0 Å². The van der Waals surface area contributed by atoms with Crippen molar-refractivity contribution < 1.29 is 0 Å². The molecule has 0 saturated carbocycles. The molecule has 3 rings (SSSR count). The zero-order chi connectivity index (χ0) is 15.4. The number of benzene rings is 2. The molecule has 0 spiro atoms. The van der Waals surface area contributed by atoms with Gasteiger partial charge >= 0.3 is 0 Å². The molecule has 0 bridgehead atoms. The molecule has 1 atom stereocenters. The van der Waals surface area contributed by atoms with Crippen molar-refractivity contribution in [1.82, 2.24) is 10.3 Å². The topological polar surface area (TPSA) is 24.9 Å². The van der Waals surface area contributed by atoms with Crippen molar-refractivity contribution in [2.24, 2.45) is 0 Å². The Kier molecular flexibility index (Phi) is 4.50. The summed E-state index contributed by atoms with van der Waals surface area (Å²) >= 11 is 0. The second-order valence-electron chi connectivity index (χ2n) is 5.81. The molecule has 0 aliphatic carbocycles. The number of rotatable bonds is 5. The maximum atomic E-state index is 4.56. The highest BCUT2D eigenvalue weighted by atomic mass is 14.8. The minimum atomic E-state index is 0.544. The van der Waals surface area contributed by atoms with Crippen molar-refractivity contribution in [3.63, 3.8) is 0 Å². The largest absolute Gasteiger partial charge is 0.317 e. The first kappa shape index (κ1) is 14.7. The van der Waals surface area contributed by atoms with Crippen LogP contribution in [0.1, 0.15) is 18.9 Å². The lowest BCUT2D eigenvalue weighted by atomic mass is 9.98. The Labute approximate surface area is 132 Å². The molecule has 1 aromatic heterocycles. The van der Waals surface area contributed by atoms with E-state index in [0.717, 1.165) is 18.4 Å². The van der Waals surface area contributed by atoms with Gasteiger partial charge in [0.05, 0.1) is 5.52 Å². The molecule has 3 aromatic rings. The number of nitrogens with one attached hydrogen (secondary N) is 1. The Morgan fingerprint density at radius 1 is 1.05 bits per heavy atom. The third-order valence-electron chi connectivity index (χ3n) is 4.23. The van der Waals surface area contributed by atoms with Gasteiger partial charge in [0.25, 0.3) is 0 Å². The van der Waals surface area contributed by atoms with Gasteiger partial charge in [-0.1, -0.05) is 48.5 Å². The minimum Gasteiger partial charge on any atom is -0.317 e. The number of para-hydroxylation sites is 1. The molecule has 112 valence electrons. The van der Waals surface area contributed by atoms with E-state index in [1.165, 1.54) is 22.1 Å². The molecule has 1 N–H and O–H groups in total. The van der Waals surface area contributed by atoms with Gasteiger partial charge in [-0.2, -0.15) is 0 Å². The third kappa shape index (κ3) is 3.18. The van der Waals surface area contributed by atoms with E-state index in [4.69, 9.17) is 0 Å². The number of aromatic nitrogens is 1. The van der Waals surface area contributed by atoms with Crippen molar-refractivity contribution in [2.45, 2.75) is 25.8 Å². The molecule has 0 saturated heterocycles. The van der Waals surface area contributed by atoms with Gasteiger partial charge in [-0.15, -0.1) is 0 Å². The van der Waals surface area contributed by atoms with Crippen LogP contribution in [0, 0.1) is 0 Å². The highest BCUT2D eigenvalue weighted by Crippen LogP contribution is 2.27. The van der Waals surface area contributed by atoms with E-state index in [0.29, 0.717) is 6.04 Å².